The Labute approximate surface area is 101 Å². The third kappa shape index (κ3) is 2.75. The van der Waals surface area contributed by atoms with E-state index in [1.165, 1.54) is 30.5 Å². The average molecular weight is 221 g/mol. The molecule has 1 rings (SSSR count). The summed E-state index contributed by atoms with van der Waals surface area (Å²) in [6, 6.07) is 0. The maximum absolute atomic E-state index is 4.64. The van der Waals surface area contributed by atoms with E-state index >= 15 is 0 Å². The second-order valence-corrected chi connectivity index (χ2v) is 5.68. The van der Waals surface area contributed by atoms with Crippen LogP contribution in [0.15, 0.2) is 16.3 Å². The Kier molecular flexibility index (Phi) is 4.35. The zero-order valence-corrected chi connectivity index (χ0v) is 11.8. The lowest BCUT2D eigenvalue weighted by Crippen LogP contribution is -2.12. The first-order valence-electron chi connectivity index (χ1n) is 6.66. The highest BCUT2D eigenvalue weighted by atomic mass is 14.7. The maximum Gasteiger partial charge on any atom is 0.0363 e. The molecular formula is C15H27N. The van der Waals surface area contributed by atoms with Gasteiger partial charge in [-0.1, -0.05) is 27.7 Å². The minimum atomic E-state index is 0.483. The Hall–Kier alpha value is -0.590. The highest BCUT2D eigenvalue weighted by Gasteiger charge is 2.47. The fraction of sp³-hybridized carbons (Fsp3) is 0.800. The first-order valence-corrected chi connectivity index (χ1v) is 6.66. The van der Waals surface area contributed by atoms with Crippen molar-refractivity contribution in [3.63, 3.8) is 0 Å². The SMILES string of the molecule is CCC(C)C=N/C(C)=C(\C)C1(C(C)C)CC1. The van der Waals surface area contributed by atoms with E-state index in [1.54, 1.807) is 0 Å². The van der Waals surface area contributed by atoms with Crippen LogP contribution in [-0.4, -0.2) is 6.21 Å². The molecule has 1 unspecified atom stereocenters. The molecule has 1 aliphatic rings. The molecular weight excluding hydrogens is 194 g/mol. The predicted octanol–water partition coefficient (Wildman–Crippen LogP) is 4.83. The van der Waals surface area contributed by atoms with Gasteiger partial charge >= 0.3 is 0 Å². The van der Waals surface area contributed by atoms with E-state index in [2.05, 4.69) is 52.7 Å². The van der Waals surface area contributed by atoms with Crippen molar-refractivity contribution >= 4 is 6.21 Å². The first kappa shape index (κ1) is 13.5. The summed E-state index contributed by atoms with van der Waals surface area (Å²) in [6.45, 7) is 13.5. The molecule has 0 amide bonds. The monoisotopic (exact) mass is 221 g/mol. The number of allylic oxidation sites excluding steroid dienone is 2. The van der Waals surface area contributed by atoms with Crippen molar-refractivity contribution in [3.05, 3.63) is 11.3 Å². The van der Waals surface area contributed by atoms with Crippen molar-refractivity contribution in [2.45, 2.75) is 60.8 Å². The van der Waals surface area contributed by atoms with E-state index in [4.69, 9.17) is 0 Å². The molecule has 1 heteroatoms. The second-order valence-electron chi connectivity index (χ2n) is 5.68. The molecule has 1 atom stereocenters. The Morgan fingerprint density at radius 2 is 1.81 bits per heavy atom. The van der Waals surface area contributed by atoms with Crippen LogP contribution in [0.25, 0.3) is 0 Å². The lowest BCUT2D eigenvalue weighted by atomic mass is 9.84. The van der Waals surface area contributed by atoms with E-state index in [0.29, 0.717) is 11.3 Å². The summed E-state index contributed by atoms with van der Waals surface area (Å²) in [5.41, 5.74) is 3.24. The molecule has 0 radical (unpaired) electrons. The Balaban J connectivity index is 2.77. The molecule has 92 valence electrons. The zero-order chi connectivity index (χ0) is 12.3. The first-order chi connectivity index (χ1) is 7.44. The van der Waals surface area contributed by atoms with Crippen molar-refractivity contribution in [2.75, 3.05) is 0 Å². The van der Waals surface area contributed by atoms with Crippen molar-refractivity contribution in [2.24, 2.45) is 22.2 Å². The number of hydrogen-bond donors (Lipinski definition) is 0. The summed E-state index contributed by atoms with van der Waals surface area (Å²) >= 11 is 0. The average Bonchev–Trinajstić information content (AvgIpc) is 3.05. The highest BCUT2D eigenvalue weighted by molar-refractivity contribution is 5.61. The van der Waals surface area contributed by atoms with Gasteiger partial charge in [0.1, 0.15) is 0 Å². The van der Waals surface area contributed by atoms with Gasteiger partial charge < -0.3 is 0 Å². The molecule has 0 bridgehead atoms. The van der Waals surface area contributed by atoms with Crippen LogP contribution >= 0.6 is 0 Å². The number of aliphatic imine (C=N–C) groups is 1. The van der Waals surface area contributed by atoms with E-state index in [9.17, 15) is 0 Å². The maximum atomic E-state index is 4.64. The van der Waals surface area contributed by atoms with Gasteiger partial charge in [-0.15, -0.1) is 0 Å². The van der Waals surface area contributed by atoms with Crippen LogP contribution in [0.2, 0.25) is 0 Å². The van der Waals surface area contributed by atoms with Crippen LogP contribution in [-0.2, 0) is 0 Å². The molecule has 0 N–H and O–H groups in total. The Morgan fingerprint density at radius 3 is 2.19 bits per heavy atom. The summed E-state index contributed by atoms with van der Waals surface area (Å²) in [7, 11) is 0. The van der Waals surface area contributed by atoms with Gasteiger partial charge in [-0.05, 0) is 55.9 Å². The van der Waals surface area contributed by atoms with E-state index in [-0.39, 0.29) is 0 Å². The standard InChI is InChI=1S/C15H27N/c1-7-12(4)10-16-14(6)13(5)15(8-9-15)11(2)3/h10-12H,7-9H2,1-6H3/b14-13+,16-10?. The molecule has 0 heterocycles. The van der Waals surface area contributed by atoms with Crippen LogP contribution < -0.4 is 0 Å². The van der Waals surface area contributed by atoms with Gasteiger partial charge in [0.2, 0.25) is 0 Å². The molecule has 1 saturated carbocycles. The molecule has 0 aromatic heterocycles. The fourth-order valence-electron chi connectivity index (χ4n) is 2.32. The normalized spacial score (nSPS) is 22.4. The minimum absolute atomic E-state index is 0.483. The molecule has 0 aliphatic heterocycles. The molecule has 0 saturated heterocycles. The van der Waals surface area contributed by atoms with Crippen molar-refractivity contribution in [1.29, 1.82) is 0 Å². The fourth-order valence-corrected chi connectivity index (χ4v) is 2.32. The van der Waals surface area contributed by atoms with Crippen molar-refractivity contribution < 1.29 is 0 Å². The van der Waals surface area contributed by atoms with Gasteiger partial charge in [0.05, 0.1) is 0 Å². The lowest BCUT2D eigenvalue weighted by molar-refractivity contribution is 0.419. The van der Waals surface area contributed by atoms with Crippen LogP contribution in [0.3, 0.4) is 0 Å². The lowest BCUT2D eigenvalue weighted by Gasteiger charge is -2.21. The molecule has 16 heavy (non-hydrogen) atoms. The number of rotatable bonds is 5. The van der Waals surface area contributed by atoms with Gasteiger partial charge in [0.25, 0.3) is 0 Å². The van der Waals surface area contributed by atoms with E-state index in [1.807, 2.05) is 0 Å². The molecule has 1 nitrogen and oxygen atoms in total. The summed E-state index contributed by atoms with van der Waals surface area (Å²) in [6.07, 6.45) is 5.99. The number of hydrogen-bond acceptors (Lipinski definition) is 1. The molecule has 0 aromatic carbocycles. The van der Waals surface area contributed by atoms with Crippen molar-refractivity contribution in [1.82, 2.24) is 0 Å². The molecule has 0 aromatic rings. The third-order valence-electron chi connectivity index (χ3n) is 4.35. The third-order valence-corrected chi connectivity index (χ3v) is 4.35. The summed E-state index contributed by atoms with van der Waals surface area (Å²) in [5.74, 6) is 1.35. The minimum Gasteiger partial charge on any atom is -0.266 e. The van der Waals surface area contributed by atoms with Crippen LogP contribution in [0.1, 0.15) is 60.8 Å². The zero-order valence-electron chi connectivity index (χ0n) is 11.8. The topological polar surface area (TPSA) is 12.4 Å². The highest BCUT2D eigenvalue weighted by Crippen LogP contribution is 2.58. The smallest absolute Gasteiger partial charge is 0.0363 e. The largest absolute Gasteiger partial charge is 0.266 e. The second kappa shape index (κ2) is 5.16. The van der Waals surface area contributed by atoms with E-state index in [0.717, 1.165) is 5.92 Å². The van der Waals surface area contributed by atoms with Gasteiger partial charge in [-0.3, -0.25) is 4.99 Å². The van der Waals surface area contributed by atoms with Crippen LogP contribution in [0, 0.1) is 17.3 Å². The van der Waals surface area contributed by atoms with Crippen LogP contribution in [0.5, 0.6) is 0 Å². The van der Waals surface area contributed by atoms with E-state index < -0.39 is 0 Å². The van der Waals surface area contributed by atoms with Gasteiger partial charge in [-0.2, -0.15) is 0 Å². The number of nitrogens with zero attached hydrogens (tertiary/aromatic N) is 1. The summed E-state index contributed by atoms with van der Waals surface area (Å²) in [5, 5.41) is 0. The van der Waals surface area contributed by atoms with Crippen molar-refractivity contribution in [3.8, 4) is 0 Å². The molecule has 0 spiro atoms. The predicted molar refractivity (Wildman–Crippen MR) is 72.8 cm³/mol. The Bertz CT molecular complexity index is 293. The molecule has 1 fully saturated rings. The van der Waals surface area contributed by atoms with Crippen LogP contribution in [0.4, 0.5) is 0 Å². The quantitative estimate of drug-likeness (QED) is 0.589. The summed E-state index contributed by atoms with van der Waals surface area (Å²) < 4.78 is 0. The summed E-state index contributed by atoms with van der Waals surface area (Å²) in [4.78, 5) is 4.64. The Morgan fingerprint density at radius 1 is 1.25 bits per heavy atom. The van der Waals surface area contributed by atoms with Gasteiger partial charge in [0.15, 0.2) is 0 Å². The van der Waals surface area contributed by atoms with Gasteiger partial charge in [-0.25, -0.2) is 0 Å². The van der Waals surface area contributed by atoms with Gasteiger partial charge in [0, 0.05) is 11.9 Å². The molecule has 1 aliphatic carbocycles.